The number of benzene rings is 1. The molecule has 0 aliphatic rings. The van der Waals surface area contributed by atoms with Crippen LogP contribution in [0, 0.1) is 6.92 Å². The topological polar surface area (TPSA) is 34.1 Å². The molecule has 84 valence electrons. The summed E-state index contributed by atoms with van der Waals surface area (Å²) in [6.07, 6.45) is 1.89. The van der Waals surface area contributed by atoms with Crippen molar-refractivity contribution in [2.45, 2.75) is 32.4 Å². The Balaban J connectivity index is 3.07. The highest BCUT2D eigenvalue weighted by molar-refractivity contribution is 8.13. The van der Waals surface area contributed by atoms with Crippen LogP contribution in [0.25, 0.3) is 0 Å². The molecule has 0 amide bonds. The molecular weight excluding hydrogens is 232 g/mol. The molecule has 1 aromatic rings. The van der Waals surface area contributed by atoms with Gasteiger partial charge in [0.1, 0.15) is 0 Å². The Morgan fingerprint density at radius 2 is 1.93 bits per heavy atom. The SMILES string of the molecule is CCCc1ccc(C)cc1CS(=O)(=O)Cl. The minimum absolute atomic E-state index is 0.0778. The predicted octanol–water partition coefficient (Wildman–Crippen LogP) is 3.02. The van der Waals surface area contributed by atoms with Gasteiger partial charge in [-0.3, -0.25) is 0 Å². The fourth-order valence-corrected chi connectivity index (χ4v) is 2.58. The van der Waals surface area contributed by atoms with Crippen molar-refractivity contribution in [3.05, 3.63) is 34.9 Å². The van der Waals surface area contributed by atoms with E-state index in [4.69, 9.17) is 10.7 Å². The molecule has 0 radical (unpaired) electrons. The van der Waals surface area contributed by atoms with Gasteiger partial charge in [-0.15, -0.1) is 0 Å². The van der Waals surface area contributed by atoms with Gasteiger partial charge in [0.2, 0.25) is 9.05 Å². The van der Waals surface area contributed by atoms with E-state index in [1.165, 1.54) is 0 Å². The smallest absolute Gasteiger partial charge is 0.212 e. The molecule has 0 heterocycles. The van der Waals surface area contributed by atoms with Crippen molar-refractivity contribution in [2.75, 3.05) is 0 Å². The summed E-state index contributed by atoms with van der Waals surface area (Å²) < 4.78 is 22.1. The molecular formula is C11H15ClO2S. The number of hydrogen-bond acceptors (Lipinski definition) is 2. The molecule has 0 atom stereocenters. The maximum absolute atomic E-state index is 11.0. The van der Waals surface area contributed by atoms with E-state index >= 15 is 0 Å². The van der Waals surface area contributed by atoms with E-state index in [1.807, 2.05) is 25.1 Å². The summed E-state index contributed by atoms with van der Waals surface area (Å²) in [6.45, 7) is 4.01. The fourth-order valence-electron chi connectivity index (χ4n) is 1.59. The lowest BCUT2D eigenvalue weighted by Crippen LogP contribution is -2.00. The molecule has 0 spiro atoms. The van der Waals surface area contributed by atoms with Crippen LogP contribution >= 0.6 is 10.7 Å². The minimum atomic E-state index is -3.46. The molecule has 15 heavy (non-hydrogen) atoms. The van der Waals surface area contributed by atoms with Gasteiger partial charge in [0.05, 0.1) is 5.75 Å². The lowest BCUT2D eigenvalue weighted by Gasteiger charge is -2.08. The van der Waals surface area contributed by atoms with Gasteiger partial charge in [0.25, 0.3) is 0 Å². The molecule has 0 N–H and O–H groups in total. The van der Waals surface area contributed by atoms with E-state index in [1.54, 1.807) is 0 Å². The number of rotatable bonds is 4. The van der Waals surface area contributed by atoms with E-state index < -0.39 is 9.05 Å². The molecule has 0 saturated heterocycles. The van der Waals surface area contributed by atoms with Crippen LogP contribution in [0.3, 0.4) is 0 Å². The number of aryl methyl sites for hydroxylation is 2. The van der Waals surface area contributed by atoms with Gasteiger partial charge in [-0.25, -0.2) is 8.42 Å². The van der Waals surface area contributed by atoms with Crippen LogP contribution < -0.4 is 0 Å². The van der Waals surface area contributed by atoms with Crippen LogP contribution in [0.5, 0.6) is 0 Å². The maximum Gasteiger partial charge on any atom is 0.236 e. The first-order valence-electron chi connectivity index (χ1n) is 4.93. The summed E-state index contributed by atoms with van der Waals surface area (Å²) in [4.78, 5) is 0. The minimum Gasteiger partial charge on any atom is -0.212 e. The second kappa shape index (κ2) is 4.99. The van der Waals surface area contributed by atoms with Crippen molar-refractivity contribution in [2.24, 2.45) is 0 Å². The summed E-state index contributed by atoms with van der Waals surface area (Å²) in [5.41, 5.74) is 2.96. The van der Waals surface area contributed by atoms with Gasteiger partial charge in [-0.05, 0) is 24.5 Å². The summed E-state index contributed by atoms with van der Waals surface area (Å²) in [5.74, 6) is -0.0778. The van der Waals surface area contributed by atoms with Crippen LogP contribution in [-0.4, -0.2) is 8.42 Å². The standard InChI is InChI=1S/C11H15ClO2S/c1-3-4-10-6-5-9(2)7-11(10)8-15(12,13)14/h5-7H,3-4,8H2,1-2H3. The first-order valence-corrected chi connectivity index (χ1v) is 7.41. The first-order chi connectivity index (χ1) is 6.92. The Morgan fingerprint density at radius 1 is 1.27 bits per heavy atom. The quantitative estimate of drug-likeness (QED) is 0.766. The zero-order valence-corrected chi connectivity index (χ0v) is 10.5. The normalized spacial score (nSPS) is 11.7. The third-order valence-electron chi connectivity index (χ3n) is 2.21. The van der Waals surface area contributed by atoms with E-state index in [2.05, 4.69) is 6.92 Å². The zero-order valence-electron chi connectivity index (χ0n) is 8.96. The third kappa shape index (κ3) is 4.22. The van der Waals surface area contributed by atoms with Crippen molar-refractivity contribution < 1.29 is 8.42 Å². The molecule has 1 aromatic carbocycles. The van der Waals surface area contributed by atoms with Crippen molar-refractivity contribution in [1.29, 1.82) is 0 Å². The average molecular weight is 247 g/mol. The third-order valence-corrected chi connectivity index (χ3v) is 3.19. The van der Waals surface area contributed by atoms with Crippen LogP contribution in [0.2, 0.25) is 0 Å². The monoisotopic (exact) mass is 246 g/mol. The van der Waals surface area contributed by atoms with E-state index in [0.717, 1.165) is 29.5 Å². The molecule has 4 heteroatoms. The Labute approximate surface area is 95.7 Å². The number of halogens is 1. The Kier molecular flexibility index (Phi) is 4.17. The van der Waals surface area contributed by atoms with Crippen molar-refractivity contribution in [3.8, 4) is 0 Å². The predicted molar refractivity (Wildman–Crippen MR) is 63.7 cm³/mol. The second-order valence-electron chi connectivity index (χ2n) is 3.71. The summed E-state index contributed by atoms with van der Waals surface area (Å²) in [6, 6.07) is 5.87. The number of hydrogen-bond donors (Lipinski definition) is 0. The summed E-state index contributed by atoms with van der Waals surface area (Å²) in [7, 11) is 1.80. The van der Waals surface area contributed by atoms with E-state index in [0.29, 0.717) is 0 Å². The summed E-state index contributed by atoms with van der Waals surface area (Å²) >= 11 is 0. The molecule has 0 fully saturated rings. The van der Waals surface area contributed by atoms with Gasteiger partial charge >= 0.3 is 0 Å². The van der Waals surface area contributed by atoms with Gasteiger partial charge < -0.3 is 0 Å². The molecule has 0 aliphatic carbocycles. The molecule has 0 aliphatic heterocycles. The molecule has 0 unspecified atom stereocenters. The Bertz CT molecular complexity index is 438. The lowest BCUT2D eigenvalue weighted by atomic mass is 10.0. The van der Waals surface area contributed by atoms with Crippen LogP contribution in [0.4, 0.5) is 0 Å². The molecule has 0 saturated carbocycles. The molecule has 1 rings (SSSR count). The van der Waals surface area contributed by atoms with Gasteiger partial charge in [0.15, 0.2) is 0 Å². The van der Waals surface area contributed by atoms with Crippen LogP contribution in [0.1, 0.15) is 30.0 Å². The van der Waals surface area contributed by atoms with Crippen molar-refractivity contribution in [3.63, 3.8) is 0 Å². The molecule has 0 aromatic heterocycles. The highest BCUT2D eigenvalue weighted by Gasteiger charge is 2.10. The highest BCUT2D eigenvalue weighted by Crippen LogP contribution is 2.18. The van der Waals surface area contributed by atoms with Crippen molar-refractivity contribution in [1.82, 2.24) is 0 Å². The van der Waals surface area contributed by atoms with Crippen LogP contribution in [0.15, 0.2) is 18.2 Å². The zero-order chi connectivity index (χ0) is 11.5. The maximum atomic E-state index is 11.0. The summed E-state index contributed by atoms with van der Waals surface area (Å²) in [5, 5.41) is 0. The average Bonchev–Trinajstić information content (AvgIpc) is 2.07. The lowest BCUT2D eigenvalue weighted by molar-refractivity contribution is 0.608. The Hall–Kier alpha value is -0.540. The Morgan fingerprint density at radius 3 is 2.47 bits per heavy atom. The fraction of sp³-hybridized carbons (Fsp3) is 0.455. The van der Waals surface area contributed by atoms with E-state index in [-0.39, 0.29) is 5.75 Å². The first kappa shape index (κ1) is 12.5. The van der Waals surface area contributed by atoms with Crippen LogP contribution in [-0.2, 0) is 21.2 Å². The van der Waals surface area contributed by atoms with Gasteiger partial charge in [0, 0.05) is 10.7 Å². The highest BCUT2D eigenvalue weighted by atomic mass is 35.7. The van der Waals surface area contributed by atoms with E-state index in [9.17, 15) is 8.42 Å². The largest absolute Gasteiger partial charge is 0.236 e. The van der Waals surface area contributed by atoms with Crippen molar-refractivity contribution >= 4 is 19.7 Å². The van der Waals surface area contributed by atoms with Gasteiger partial charge in [-0.1, -0.05) is 37.1 Å². The van der Waals surface area contributed by atoms with Gasteiger partial charge in [-0.2, -0.15) is 0 Å². The molecule has 2 nitrogen and oxygen atoms in total. The molecule has 0 bridgehead atoms. The second-order valence-corrected chi connectivity index (χ2v) is 6.48.